The van der Waals surface area contributed by atoms with Crippen molar-refractivity contribution >= 4 is 36.4 Å². The van der Waals surface area contributed by atoms with Crippen LogP contribution in [0.4, 0.5) is 5.69 Å². The largest absolute Gasteiger partial charge is 0.383 e. The Bertz CT molecular complexity index is 434. The van der Waals surface area contributed by atoms with E-state index in [4.69, 9.17) is 10.5 Å². The second-order valence-electron chi connectivity index (χ2n) is 5.19. The fraction of sp³-hybridized carbons (Fsp3) is 0.533. The van der Waals surface area contributed by atoms with Crippen LogP contribution in [0.1, 0.15) is 12.8 Å². The Morgan fingerprint density at radius 2 is 2.09 bits per heavy atom. The third-order valence-electron chi connectivity index (χ3n) is 3.57. The van der Waals surface area contributed by atoms with E-state index < -0.39 is 6.04 Å². The third kappa shape index (κ3) is 6.01. The molecule has 7 heteroatoms. The third-order valence-corrected chi connectivity index (χ3v) is 3.57. The number of methoxy groups -OCH3 is 1. The Morgan fingerprint density at radius 1 is 1.41 bits per heavy atom. The monoisotopic (exact) mass is 349 g/mol. The maximum atomic E-state index is 11.9. The summed E-state index contributed by atoms with van der Waals surface area (Å²) < 4.78 is 4.91. The average Bonchev–Trinajstić information content (AvgIpc) is 2.48. The van der Waals surface area contributed by atoms with E-state index in [2.05, 4.69) is 22.3 Å². The smallest absolute Gasteiger partial charge is 0.239 e. The lowest BCUT2D eigenvalue weighted by Crippen LogP contribution is -2.53. The molecule has 2 unspecified atom stereocenters. The Balaban J connectivity index is 0.00000220. The molecule has 1 saturated heterocycles. The van der Waals surface area contributed by atoms with Crippen molar-refractivity contribution in [2.45, 2.75) is 24.9 Å². The van der Waals surface area contributed by atoms with Gasteiger partial charge in [-0.3, -0.25) is 4.79 Å². The zero-order valence-corrected chi connectivity index (χ0v) is 14.4. The van der Waals surface area contributed by atoms with Crippen LogP contribution >= 0.6 is 24.8 Å². The van der Waals surface area contributed by atoms with Crippen molar-refractivity contribution in [2.24, 2.45) is 5.73 Å². The zero-order valence-electron chi connectivity index (χ0n) is 12.7. The number of carbonyl (C=O) groups is 1. The molecular weight excluding hydrogens is 325 g/mol. The number of rotatable bonds is 5. The number of halogens is 2. The predicted octanol–water partition coefficient (Wildman–Crippen LogP) is 1.59. The van der Waals surface area contributed by atoms with E-state index >= 15 is 0 Å². The minimum Gasteiger partial charge on any atom is -0.383 e. The van der Waals surface area contributed by atoms with Gasteiger partial charge in [0.15, 0.2) is 0 Å². The summed E-state index contributed by atoms with van der Waals surface area (Å²) in [7, 11) is 1.55. The molecule has 1 amide bonds. The van der Waals surface area contributed by atoms with Crippen LogP contribution in [0.25, 0.3) is 0 Å². The van der Waals surface area contributed by atoms with Crippen molar-refractivity contribution in [3.63, 3.8) is 0 Å². The molecule has 1 fully saturated rings. The molecule has 5 nitrogen and oxygen atoms in total. The summed E-state index contributed by atoms with van der Waals surface area (Å²) in [5.41, 5.74) is 6.94. The summed E-state index contributed by atoms with van der Waals surface area (Å²) in [6.07, 6.45) is 2.06. The first-order chi connectivity index (χ1) is 9.70. The van der Waals surface area contributed by atoms with Crippen molar-refractivity contribution in [1.29, 1.82) is 0 Å². The lowest BCUT2D eigenvalue weighted by atomic mass is 10.0. The van der Waals surface area contributed by atoms with Crippen LogP contribution in [-0.2, 0) is 9.53 Å². The molecule has 1 aromatic rings. The van der Waals surface area contributed by atoms with Crippen molar-refractivity contribution < 1.29 is 9.53 Å². The van der Waals surface area contributed by atoms with Crippen LogP contribution in [0.3, 0.4) is 0 Å². The Hall–Kier alpha value is -1.01. The highest BCUT2D eigenvalue weighted by atomic mass is 35.5. The van der Waals surface area contributed by atoms with Crippen LogP contribution in [0.2, 0.25) is 0 Å². The maximum Gasteiger partial charge on any atom is 0.239 e. The normalized spacial score (nSPS) is 18.6. The summed E-state index contributed by atoms with van der Waals surface area (Å²) in [6, 6.07) is 9.84. The van der Waals surface area contributed by atoms with Crippen molar-refractivity contribution in [1.82, 2.24) is 5.32 Å². The highest BCUT2D eigenvalue weighted by Crippen LogP contribution is 2.19. The van der Waals surface area contributed by atoms with Gasteiger partial charge in [-0.2, -0.15) is 0 Å². The fourth-order valence-electron chi connectivity index (χ4n) is 2.53. The first-order valence-electron chi connectivity index (χ1n) is 7.05. The van der Waals surface area contributed by atoms with E-state index in [9.17, 15) is 4.79 Å². The van der Waals surface area contributed by atoms with Crippen LogP contribution in [0, 0.1) is 0 Å². The standard InChI is InChI=1S/C15H23N3O2.2ClH/c1-20-11-14(16)15(19)17-12-6-5-9-18(10-12)13-7-3-2-4-8-13;;/h2-4,7-8,12,14H,5-6,9-11,16H2,1H3,(H,17,19);2*1H. The van der Waals surface area contributed by atoms with Gasteiger partial charge in [0, 0.05) is 31.9 Å². The quantitative estimate of drug-likeness (QED) is 0.846. The average molecular weight is 350 g/mol. The van der Waals surface area contributed by atoms with E-state index in [1.165, 1.54) is 5.69 Å². The molecule has 1 aliphatic heterocycles. The Kier molecular flexibility index (Phi) is 10.2. The second kappa shape index (κ2) is 10.7. The van der Waals surface area contributed by atoms with Gasteiger partial charge in [0.2, 0.25) is 5.91 Å². The lowest BCUT2D eigenvalue weighted by molar-refractivity contribution is -0.124. The number of para-hydroxylation sites is 1. The molecule has 0 aliphatic carbocycles. The van der Waals surface area contributed by atoms with Gasteiger partial charge in [-0.25, -0.2) is 0 Å². The molecule has 22 heavy (non-hydrogen) atoms. The van der Waals surface area contributed by atoms with E-state index in [1.54, 1.807) is 7.11 Å². The van der Waals surface area contributed by atoms with Crippen molar-refractivity contribution in [2.75, 3.05) is 31.7 Å². The minimum absolute atomic E-state index is 0. The second-order valence-corrected chi connectivity index (χ2v) is 5.19. The molecule has 126 valence electrons. The molecule has 0 saturated carbocycles. The van der Waals surface area contributed by atoms with Gasteiger partial charge in [0.1, 0.15) is 6.04 Å². The highest BCUT2D eigenvalue weighted by molar-refractivity contribution is 5.85. The minimum atomic E-state index is -0.591. The first kappa shape index (κ1) is 21.0. The van der Waals surface area contributed by atoms with Crippen molar-refractivity contribution in [3.8, 4) is 0 Å². The number of benzene rings is 1. The van der Waals surface area contributed by atoms with Crippen LogP contribution in [0.5, 0.6) is 0 Å². The van der Waals surface area contributed by atoms with Gasteiger partial charge in [0.05, 0.1) is 6.61 Å². The number of anilines is 1. The topological polar surface area (TPSA) is 67.6 Å². The summed E-state index contributed by atoms with van der Waals surface area (Å²) >= 11 is 0. The van der Waals surface area contributed by atoms with Crippen molar-refractivity contribution in [3.05, 3.63) is 30.3 Å². The first-order valence-corrected chi connectivity index (χ1v) is 7.05. The number of ether oxygens (including phenoxy) is 1. The van der Waals surface area contributed by atoms with Gasteiger partial charge < -0.3 is 20.7 Å². The number of amides is 1. The van der Waals surface area contributed by atoms with Crippen LogP contribution < -0.4 is 16.0 Å². The molecule has 0 spiro atoms. The molecule has 1 aromatic carbocycles. The van der Waals surface area contributed by atoms with E-state index in [0.717, 1.165) is 25.9 Å². The molecule has 3 N–H and O–H groups in total. The summed E-state index contributed by atoms with van der Waals surface area (Å²) in [6.45, 7) is 2.11. The lowest BCUT2D eigenvalue weighted by Gasteiger charge is -2.35. The van der Waals surface area contributed by atoms with Gasteiger partial charge in [-0.15, -0.1) is 24.8 Å². The van der Waals surface area contributed by atoms with Gasteiger partial charge in [-0.05, 0) is 25.0 Å². The number of nitrogens with zero attached hydrogens (tertiary/aromatic N) is 1. The zero-order chi connectivity index (χ0) is 14.4. The van der Waals surface area contributed by atoms with E-state index in [0.29, 0.717) is 0 Å². The fourth-order valence-corrected chi connectivity index (χ4v) is 2.53. The number of nitrogens with one attached hydrogen (secondary N) is 1. The highest BCUT2D eigenvalue weighted by Gasteiger charge is 2.23. The van der Waals surface area contributed by atoms with Gasteiger partial charge >= 0.3 is 0 Å². The summed E-state index contributed by atoms with van der Waals surface area (Å²) in [5.74, 6) is -0.133. The van der Waals surface area contributed by atoms with Gasteiger partial charge in [0.25, 0.3) is 0 Å². The maximum absolute atomic E-state index is 11.9. The summed E-state index contributed by atoms with van der Waals surface area (Å²) in [4.78, 5) is 14.2. The predicted molar refractivity (Wildman–Crippen MR) is 94.2 cm³/mol. The molecule has 1 aliphatic rings. The SMILES string of the molecule is COCC(N)C(=O)NC1CCCN(c2ccccc2)C1.Cl.Cl. The summed E-state index contributed by atoms with van der Waals surface area (Å²) in [5, 5.41) is 3.02. The van der Waals surface area contributed by atoms with E-state index in [-0.39, 0.29) is 43.4 Å². The van der Waals surface area contributed by atoms with Gasteiger partial charge in [-0.1, -0.05) is 18.2 Å². The molecule has 2 rings (SSSR count). The van der Waals surface area contributed by atoms with E-state index in [1.807, 2.05) is 18.2 Å². The molecule has 0 radical (unpaired) electrons. The molecular formula is C15H25Cl2N3O2. The molecule has 2 atom stereocenters. The molecule has 0 aromatic heterocycles. The molecule has 1 heterocycles. The number of hydrogen-bond acceptors (Lipinski definition) is 4. The number of piperidine rings is 1. The van der Waals surface area contributed by atoms with Crippen LogP contribution in [0.15, 0.2) is 30.3 Å². The number of nitrogens with two attached hydrogens (primary N) is 1. The number of carbonyl (C=O) groups excluding carboxylic acids is 1. The Labute approximate surface area is 144 Å². The molecule has 0 bridgehead atoms. The number of hydrogen-bond donors (Lipinski definition) is 2. The van der Waals surface area contributed by atoms with Crippen LogP contribution in [-0.4, -0.2) is 44.8 Å². The Morgan fingerprint density at radius 3 is 2.73 bits per heavy atom.